The summed E-state index contributed by atoms with van der Waals surface area (Å²) in [6.45, 7) is 3.81. The fourth-order valence-corrected chi connectivity index (χ4v) is 3.60. The van der Waals surface area contributed by atoms with Crippen LogP contribution >= 0.6 is 0 Å². The molecule has 2 N–H and O–H groups in total. The summed E-state index contributed by atoms with van der Waals surface area (Å²) in [4.78, 5) is 12.1. The van der Waals surface area contributed by atoms with Gasteiger partial charge in [0.15, 0.2) is 0 Å². The molecular weight excluding hydrogens is 290 g/mol. The van der Waals surface area contributed by atoms with Gasteiger partial charge in [0.2, 0.25) is 10.0 Å². The number of nitrogens with two attached hydrogens (primary N) is 1. The lowest BCUT2D eigenvalue weighted by molar-refractivity contribution is 0.0441. The van der Waals surface area contributed by atoms with Crippen molar-refractivity contribution in [2.45, 2.75) is 44.4 Å². The topological polar surface area (TPSA) is 86.5 Å². The molecule has 1 aromatic carbocycles. The highest BCUT2D eigenvalue weighted by Crippen LogP contribution is 2.26. The molecule has 1 saturated carbocycles. The molecule has 0 radical (unpaired) electrons. The highest BCUT2D eigenvalue weighted by Gasteiger charge is 2.21. The number of benzene rings is 1. The van der Waals surface area contributed by atoms with Crippen LogP contribution in [-0.4, -0.2) is 21.0 Å². The monoisotopic (exact) mass is 311 g/mol. The van der Waals surface area contributed by atoms with Crippen molar-refractivity contribution in [3.05, 3.63) is 28.8 Å². The molecule has 116 valence electrons. The van der Waals surface area contributed by atoms with Crippen LogP contribution in [0.1, 0.15) is 47.2 Å². The van der Waals surface area contributed by atoms with Gasteiger partial charge in [0.25, 0.3) is 0 Å². The molecular formula is C15H21NO4S. The fourth-order valence-electron chi connectivity index (χ4n) is 2.81. The smallest absolute Gasteiger partial charge is 0.338 e. The van der Waals surface area contributed by atoms with Gasteiger partial charge in [-0.25, -0.2) is 18.4 Å². The average Bonchev–Trinajstić information content (AvgIpc) is 2.87. The number of hydrogen-bond donors (Lipinski definition) is 1. The second-order valence-electron chi connectivity index (χ2n) is 5.73. The van der Waals surface area contributed by atoms with Crippen LogP contribution in [0.5, 0.6) is 0 Å². The third-order valence-electron chi connectivity index (χ3n) is 3.97. The van der Waals surface area contributed by atoms with Crippen molar-refractivity contribution in [1.29, 1.82) is 0 Å². The van der Waals surface area contributed by atoms with Gasteiger partial charge in [-0.15, -0.1) is 0 Å². The number of primary sulfonamides is 1. The standard InChI is InChI=1S/C15H21NO4S/c1-10-7-11(2)14(21(16,18)19)8-13(10)15(17)20-9-12-5-3-4-6-12/h7-8,12H,3-6,9H2,1-2H3,(H2,16,18,19). The number of aryl methyl sites for hydroxylation is 2. The molecule has 6 heteroatoms. The van der Waals surface area contributed by atoms with Crippen molar-refractivity contribution in [1.82, 2.24) is 0 Å². The van der Waals surface area contributed by atoms with E-state index in [9.17, 15) is 13.2 Å². The Morgan fingerprint density at radius 1 is 1.24 bits per heavy atom. The molecule has 1 aromatic rings. The Balaban J connectivity index is 2.20. The zero-order valence-electron chi connectivity index (χ0n) is 12.4. The van der Waals surface area contributed by atoms with Crippen LogP contribution in [0.2, 0.25) is 0 Å². The molecule has 2 rings (SSSR count). The summed E-state index contributed by atoms with van der Waals surface area (Å²) in [7, 11) is -3.84. The summed E-state index contributed by atoms with van der Waals surface area (Å²) in [5.41, 5.74) is 1.49. The van der Waals surface area contributed by atoms with Crippen LogP contribution in [0.15, 0.2) is 17.0 Å². The molecule has 1 aliphatic rings. The van der Waals surface area contributed by atoms with Crippen LogP contribution in [-0.2, 0) is 14.8 Å². The van der Waals surface area contributed by atoms with Gasteiger partial charge in [-0.1, -0.05) is 18.9 Å². The zero-order valence-corrected chi connectivity index (χ0v) is 13.2. The Kier molecular flexibility index (Phi) is 4.68. The maximum absolute atomic E-state index is 12.2. The number of sulfonamides is 1. The molecule has 0 heterocycles. The SMILES string of the molecule is Cc1cc(C)c(S(N)(=O)=O)cc1C(=O)OCC1CCCC1. The molecule has 0 atom stereocenters. The van der Waals surface area contributed by atoms with Crippen molar-refractivity contribution in [2.24, 2.45) is 11.1 Å². The van der Waals surface area contributed by atoms with Gasteiger partial charge in [-0.2, -0.15) is 0 Å². The van der Waals surface area contributed by atoms with E-state index in [0.29, 0.717) is 23.7 Å². The Morgan fingerprint density at radius 2 is 1.86 bits per heavy atom. The van der Waals surface area contributed by atoms with Gasteiger partial charge in [-0.3, -0.25) is 0 Å². The highest BCUT2D eigenvalue weighted by atomic mass is 32.2. The predicted octanol–water partition coefficient (Wildman–Crippen LogP) is 2.30. The lowest BCUT2D eigenvalue weighted by atomic mass is 10.1. The van der Waals surface area contributed by atoms with Crippen molar-refractivity contribution in [3.8, 4) is 0 Å². The lowest BCUT2D eigenvalue weighted by Crippen LogP contribution is -2.17. The quantitative estimate of drug-likeness (QED) is 0.864. The number of hydrogen-bond acceptors (Lipinski definition) is 4. The number of esters is 1. The first-order chi connectivity index (χ1) is 9.79. The summed E-state index contributed by atoms with van der Waals surface area (Å²) in [6, 6.07) is 2.96. The van der Waals surface area contributed by atoms with E-state index in [1.807, 2.05) is 0 Å². The average molecular weight is 311 g/mol. The first kappa shape index (κ1) is 16.0. The molecule has 1 aliphatic carbocycles. The second kappa shape index (κ2) is 6.15. The maximum atomic E-state index is 12.2. The van der Waals surface area contributed by atoms with E-state index in [1.54, 1.807) is 19.9 Å². The number of carbonyl (C=O) groups is 1. The summed E-state index contributed by atoms with van der Waals surface area (Å²) in [6.07, 6.45) is 4.54. The van der Waals surface area contributed by atoms with Gasteiger partial charge in [0.05, 0.1) is 17.1 Å². The predicted molar refractivity (Wildman–Crippen MR) is 79.5 cm³/mol. The summed E-state index contributed by atoms with van der Waals surface area (Å²) >= 11 is 0. The Bertz CT molecular complexity index is 646. The van der Waals surface area contributed by atoms with Crippen molar-refractivity contribution in [2.75, 3.05) is 6.61 Å². The molecule has 0 amide bonds. The summed E-state index contributed by atoms with van der Waals surface area (Å²) < 4.78 is 28.4. The second-order valence-corrected chi connectivity index (χ2v) is 7.26. The number of rotatable bonds is 4. The minimum Gasteiger partial charge on any atom is -0.462 e. The first-order valence-electron chi connectivity index (χ1n) is 7.10. The largest absolute Gasteiger partial charge is 0.462 e. The van der Waals surface area contributed by atoms with Crippen LogP contribution in [0, 0.1) is 19.8 Å². The van der Waals surface area contributed by atoms with E-state index in [1.165, 1.54) is 18.9 Å². The van der Waals surface area contributed by atoms with Gasteiger partial charge < -0.3 is 4.74 Å². The fraction of sp³-hybridized carbons (Fsp3) is 0.533. The number of ether oxygens (including phenoxy) is 1. The third kappa shape index (κ3) is 3.83. The molecule has 0 bridgehead atoms. The van der Waals surface area contributed by atoms with Crippen molar-refractivity contribution >= 4 is 16.0 Å². The van der Waals surface area contributed by atoms with Crippen LogP contribution in [0.3, 0.4) is 0 Å². The molecule has 0 unspecified atom stereocenters. The van der Waals surface area contributed by atoms with E-state index >= 15 is 0 Å². The zero-order chi connectivity index (χ0) is 15.6. The van der Waals surface area contributed by atoms with Gasteiger partial charge in [0, 0.05) is 0 Å². The normalized spacial score (nSPS) is 16.1. The Labute approximate surface area is 125 Å². The minimum absolute atomic E-state index is 0.0269. The van der Waals surface area contributed by atoms with Crippen LogP contribution in [0.25, 0.3) is 0 Å². The van der Waals surface area contributed by atoms with E-state index in [2.05, 4.69) is 0 Å². The van der Waals surface area contributed by atoms with Crippen LogP contribution in [0.4, 0.5) is 0 Å². The van der Waals surface area contributed by atoms with E-state index in [0.717, 1.165) is 12.8 Å². The van der Waals surface area contributed by atoms with E-state index in [-0.39, 0.29) is 10.5 Å². The summed E-state index contributed by atoms with van der Waals surface area (Å²) in [5.74, 6) is -0.0540. The van der Waals surface area contributed by atoms with E-state index < -0.39 is 16.0 Å². The Morgan fingerprint density at radius 3 is 2.43 bits per heavy atom. The first-order valence-corrected chi connectivity index (χ1v) is 8.65. The molecule has 5 nitrogen and oxygen atoms in total. The molecule has 0 aliphatic heterocycles. The highest BCUT2D eigenvalue weighted by molar-refractivity contribution is 7.89. The molecule has 0 aromatic heterocycles. The van der Waals surface area contributed by atoms with Crippen molar-refractivity contribution in [3.63, 3.8) is 0 Å². The minimum atomic E-state index is -3.84. The summed E-state index contributed by atoms with van der Waals surface area (Å²) in [5, 5.41) is 5.17. The molecule has 21 heavy (non-hydrogen) atoms. The third-order valence-corrected chi connectivity index (χ3v) is 5.03. The van der Waals surface area contributed by atoms with Gasteiger partial charge in [0.1, 0.15) is 0 Å². The van der Waals surface area contributed by atoms with Gasteiger partial charge in [-0.05, 0) is 49.8 Å². The molecule has 0 saturated heterocycles. The maximum Gasteiger partial charge on any atom is 0.338 e. The van der Waals surface area contributed by atoms with Gasteiger partial charge >= 0.3 is 5.97 Å². The lowest BCUT2D eigenvalue weighted by Gasteiger charge is -2.13. The molecule has 1 fully saturated rings. The van der Waals surface area contributed by atoms with Crippen LogP contribution < -0.4 is 5.14 Å². The van der Waals surface area contributed by atoms with E-state index in [4.69, 9.17) is 9.88 Å². The Hall–Kier alpha value is -1.40. The number of carbonyl (C=O) groups excluding carboxylic acids is 1. The van der Waals surface area contributed by atoms with Crippen molar-refractivity contribution < 1.29 is 17.9 Å². The molecule has 0 spiro atoms.